The summed E-state index contributed by atoms with van der Waals surface area (Å²) in [7, 11) is 6.55. The number of rotatable bonds is 12. The van der Waals surface area contributed by atoms with Crippen LogP contribution in [0, 0.1) is 0 Å². The molecule has 0 aliphatic carbocycles. The fourth-order valence-corrected chi connectivity index (χ4v) is 3.01. The van der Waals surface area contributed by atoms with Gasteiger partial charge in [-0.2, -0.15) is 0 Å². The molecular weight excluding hydrogens is 292 g/mol. The topological polar surface area (TPSA) is 36.9 Å². The minimum Gasteiger partial charge on any atom is -0.497 e. The average Bonchev–Trinajstić information content (AvgIpc) is 2.61. The summed E-state index contributed by atoms with van der Waals surface area (Å²) in [5, 5.41) is 0. The van der Waals surface area contributed by atoms with Gasteiger partial charge < -0.3 is 18.9 Å². The van der Waals surface area contributed by atoms with Gasteiger partial charge in [0.25, 0.3) is 5.97 Å². The minimum atomic E-state index is -1.06. The molecule has 4 nitrogen and oxygen atoms in total. The Morgan fingerprint density at radius 3 is 1.87 bits per heavy atom. The highest BCUT2D eigenvalue weighted by Crippen LogP contribution is 2.37. The Kier molecular flexibility index (Phi) is 9.22. The Morgan fingerprint density at radius 1 is 0.826 bits per heavy atom. The Morgan fingerprint density at radius 2 is 1.39 bits per heavy atom. The van der Waals surface area contributed by atoms with E-state index in [2.05, 4.69) is 19.1 Å². The smallest absolute Gasteiger partial charge is 0.289 e. The Bertz CT molecular complexity index is 404. The van der Waals surface area contributed by atoms with E-state index in [-0.39, 0.29) is 5.92 Å². The first-order chi connectivity index (χ1) is 11.2. The van der Waals surface area contributed by atoms with Gasteiger partial charge in [0.15, 0.2) is 0 Å². The van der Waals surface area contributed by atoms with Gasteiger partial charge in [0.05, 0.1) is 13.0 Å². The van der Waals surface area contributed by atoms with Gasteiger partial charge in [0.2, 0.25) is 0 Å². The summed E-state index contributed by atoms with van der Waals surface area (Å²) < 4.78 is 22.1. The molecule has 0 saturated carbocycles. The second-order valence-electron chi connectivity index (χ2n) is 5.74. The lowest BCUT2D eigenvalue weighted by Gasteiger charge is -2.36. The van der Waals surface area contributed by atoms with Gasteiger partial charge in [-0.05, 0) is 24.1 Å². The maximum absolute atomic E-state index is 5.61. The number of hydrogen-bond donors (Lipinski definition) is 0. The first kappa shape index (κ1) is 19.9. The molecule has 1 unspecified atom stereocenters. The first-order valence-electron chi connectivity index (χ1n) is 8.46. The van der Waals surface area contributed by atoms with Gasteiger partial charge in [0, 0.05) is 21.3 Å². The van der Waals surface area contributed by atoms with Gasteiger partial charge in [-0.25, -0.2) is 0 Å². The molecule has 0 N–H and O–H groups in total. The lowest BCUT2D eigenvalue weighted by Crippen LogP contribution is -2.42. The normalized spacial score (nSPS) is 13.1. The molecule has 0 fully saturated rings. The van der Waals surface area contributed by atoms with Crippen molar-refractivity contribution in [3.63, 3.8) is 0 Å². The van der Waals surface area contributed by atoms with E-state index >= 15 is 0 Å². The van der Waals surface area contributed by atoms with Crippen molar-refractivity contribution in [2.24, 2.45) is 0 Å². The molecule has 1 atom stereocenters. The molecule has 0 spiro atoms. The van der Waals surface area contributed by atoms with Gasteiger partial charge in [-0.15, -0.1) is 0 Å². The highest BCUT2D eigenvalue weighted by molar-refractivity contribution is 5.30. The van der Waals surface area contributed by atoms with E-state index in [4.69, 9.17) is 18.9 Å². The first-order valence-corrected chi connectivity index (χ1v) is 8.46. The van der Waals surface area contributed by atoms with Crippen LogP contribution in [0.1, 0.15) is 56.9 Å². The average molecular weight is 324 g/mol. The largest absolute Gasteiger partial charge is 0.497 e. The SMILES string of the molecule is CCCCCCCC(c1ccc(OC)cc1)C(OC)(OC)OC. The number of hydrogen-bond acceptors (Lipinski definition) is 4. The third-order valence-electron chi connectivity index (χ3n) is 4.39. The van der Waals surface area contributed by atoms with E-state index < -0.39 is 5.97 Å². The summed E-state index contributed by atoms with van der Waals surface area (Å²) >= 11 is 0. The van der Waals surface area contributed by atoms with Gasteiger partial charge >= 0.3 is 0 Å². The molecule has 132 valence electrons. The monoisotopic (exact) mass is 324 g/mol. The van der Waals surface area contributed by atoms with E-state index in [9.17, 15) is 0 Å². The standard InChI is InChI=1S/C19H32O4/c1-6-7-8-9-10-11-18(19(21-3,22-4)23-5)16-12-14-17(20-2)15-13-16/h12-15,18H,6-11H2,1-5H3. The predicted octanol–water partition coefficient (Wildman–Crippen LogP) is 4.73. The van der Waals surface area contributed by atoms with Crippen LogP contribution >= 0.6 is 0 Å². The van der Waals surface area contributed by atoms with Crippen molar-refractivity contribution in [1.29, 1.82) is 0 Å². The van der Waals surface area contributed by atoms with Crippen LogP contribution < -0.4 is 4.74 Å². The fourth-order valence-electron chi connectivity index (χ4n) is 3.01. The Balaban J connectivity index is 2.90. The molecular formula is C19H32O4. The van der Waals surface area contributed by atoms with Crippen molar-refractivity contribution >= 4 is 0 Å². The summed E-state index contributed by atoms with van der Waals surface area (Å²) in [4.78, 5) is 0. The van der Waals surface area contributed by atoms with E-state index in [1.165, 1.54) is 25.7 Å². The maximum Gasteiger partial charge on any atom is 0.289 e. The van der Waals surface area contributed by atoms with Crippen molar-refractivity contribution in [2.75, 3.05) is 28.4 Å². The van der Waals surface area contributed by atoms with Crippen LogP contribution in [0.5, 0.6) is 5.75 Å². The molecule has 0 bridgehead atoms. The predicted molar refractivity (Wildman–Crippen MR) is 92.9 cm³/mol. The minimum absolute atomic E-state index is 0.00929. The molecule has 1 aromatic rings. The number of ether oxygens (including phenoxy) is 4. The maximum atomic E-state index is 5.61. The summed E-state index contributed by atoms with van der Waals surface area (Å²) in [5.74, 6) is -0.206. The van der Waals surface area contributed by atoms with Crippen molar-refractivity contribution in [3.8, 4) is 5.75 Å². The van der Waals surface area contributed by atoms with E-state index in [0.717, 1.165) is 24.2 Å². The zero-order chi connectivity index (χ0) is 17.1. The van der Waals surface area contributed by atoms with Crippen molar-refractivity contribution in [1.82, 2.24) is 0 Å². The van der Waals surface area contributed by atoms with Crippen LogP contribution in [0.2, 0.25) is 0 Å². The fraction of sp³-hybridized carbons (Fsp3) is 0.684. The molecule has 1 rings (SSSR count). The third-order valence-corrected chi connectivity index (χ3v) is 4.39. The van der Waals surface area contributed by atoms with E-state index in [0.29, 0.717) is 0 Å². The Hall–Kier alpha value is -1.10. The van der Waals surface area contributed by atoms with Crippen LogP contribution in [-0.4, -0.2) is 34.4 Å². The highest BCUT2D eigenvalue weighted by atomic mass is 16.9. The zero-order valence-corrected chi connectivity index (χ0v) is 15.3. The molecule has 0 radical (unpaired) electrons. The number of methoxy groups -OCH3 is 4. The Labute approximate surface area is 141 Å². The molecule has 4 heteroatoms. The van der Waals surface area contributed by atoms with Crippen LogP contribution in [0.25, 0.3) is 0 Å². The quantitative estimate of drug-likeness (QED) is 0.411. The molecule has 0 aliphatic heterocycles. The van der Waals surface area contributed by atoms with E-state index in [1.54, 1.807) is 28.4 Å². The lowest BCUT2D eigenvalue weighted by molar-refractivity contribution is -0.365. The van der Waals surface area contributed by atoms with Crippen LogP contribution in [-0.2, 0) is 14.2 Å². The summed E-state index contributed by atoms with van der Waals surface area (Å²) in [6.45, 7) is 2.23. The van der Waals surface area contributed by atoms with Crippen LogP contribution in [0.15, 0.2) is 24.3 Å². The third kappa shape index (κ3) is 5.48. The zero-order valence-electron chi connectivity index (χ0n) is 15.3. The molecule has 23 heavy (non-hydrogen) atoms. The molecule has 0 aromatic heterocycles. The summed E-state index contributed by atoms with van der Waals surface area (Å²) in [5.41, 5.74) is 1.13. The number of benzene rings is 1. The summed E-state index contributed by atoms with van der Waals surface area (Å²) in [6.07, 6.45) is 7.09. The molecule has 0 aliphatic rings. The van der Waals surface area contributed by atoms with E-state index in [1.807, 2.05) is 12.1 Å². The second kappa shape index (κ2) is 10.6. The van der Waals surface area contributed by atoms with Crippen molar-refractivity contribution < 1.29 is 18.9 Å². The van der Waals surface area contributed by atoms with Crippen molar-refractivity contribution in [3.05, 3.63) is 29.8 Å². The molecule has 0 saturated heterocycles. The molecule has 1 aromatic carbocycles. The molecule has 0 amide bonds. The molecule has 0 heterocycles. The van der Waals surface area contributed by atoms with Crippen LogP contribution in [0.4, 0.5) is 0 Å². The van der Waals surface area contributed by atoms with Crippen molar-refractivity contribution in [2.45, 2.75) is 57.3 Å². The van der Waals surface area contributed by atoms with Crippen LogP contribution in [0.3, 0.4) is 0 Å². The summed E-state index contributed by atoms with van der Waals surface area (Å²) in [6, 6.07) is 8.04. The second-order valence-corrected chi connectivity index (χ2v) is 5.74. The lowest BCUT2D eigenvalue weighted by atomic mass is 9.90. The van der Waals surface area contributed by atoms with Gasteiger partial charge in [0.1, 0.15) is 5.75 Å². The van der Waals surface area contributed by atoms with Gasteiger partial charge in [-0.3, -0.25) is 0 Å². The highest BCUT2D eigenvalue weighted by Gasteiger charge is 2.40. The number of unbranched alkanes of at least 4 members (excludes halogenated alkanes) is 4. The van der Waals surface area contributed by atoms with Gasteiger partial charge in [-0.1, -0.05) is 51.2 Å².